The van der Waals surface area contributed by atoms with Gasteiger partial charge in [-0.1, -0.05) is 37.8 Å². The predicted molar refractivity (Wildman–Crippen MR) is 94.2 cm³/mol. The van der Waals surface area contributed by atoms with E-state index in [1.165, 1.54) is 7.11 Å². The molecule has 1 atom stereocenters. The first-order valence-electron chi connectivity index (χ1n) is 7.89. The van der Waals surface area contributed by atoms with Gasteiger partial charge in [0.25, 0.3) is 0 Å². The van der Waals surface area contributed by atoms with E-state index >= 15 is 0 Å². The fourth-order valence-corrected chi connectivity index (χ4v) is 1.75. The Bertz CT molecular complexity index is 506. The topological polar surface area (TPSA) is 74.2 Å². The average Bonchev–Trinajstić information content (AvgIpc) is 2.60. The highest BCUT2D eigenvalue weighted by Gasteiger charge is 2.24. The molecule has 0 aliphatic rings. The lowest BCUT2D eigenvalue weighted by Gasteiger charge is -2.15. The zero-order valence-corrected chi connectivity index (χ0v) is 14.9. The summed E-state index contributed by atoms with van der Waals surface area (Å²) in [6.45, 7) is 9.99. The monoisotopic (exact) mass is 337 g/mol. The fourth-order valence-electron chi connectivity index (χ4n) is 1.75. The Kier molecular flexibility index (Phi) is 12.0. The van der Waals surface area contributed by atoms with Gasteiger partial charge in [-0.25, -0.2) is 9.59 Å². The smallest absolute Gasteiger partial charge is 0.434 e. The number of ether oxygens (including phenoxy) is 3. The number of methoxy groups -OCH3 is 1. The van der Waals surface area contributed by atoms with Crippen molar-refractivity contribution < 1.29 is 23.8 Å². The molecule has 0 aliphatic heterocycles. The minimum Gasteiger partial charge on any atom is -0.465 e. The van der Waals surface area contributed by atoms with Gasteiger partial charge in [-0.2, -0.15) is 4.99 Å². The zero-order valence-electron chi connectivity index (χ0n) is 14.9. The van der Waals surface area contributed by atoms with E-state index in [1.54, 1.807) is 18.2 Å². The minimum absolute atomic E-state index is 0.0158. The third-order valence-corrected chi connectivity index (χ3v) is 3.19. The van der Waals surface area contributed by atoms with Crippen LogP contribution in [0, 0.1) is 5.92 Å². The highest BCUT2D eigenvalue weighted by atomic mass is 16.5. The van der Waals surface area contributed by atoms with Gasteiger partial charge in [-0.15, -0.1) is 0 Å². The summed E-state index contributed by atoms with van der Waals surface area (Å²) in [5.41, 5.74) is 0.807. The van der Waals surface area contributed by atoms with Crippen molar-refractivity contribution >= 4 is 17.8 Å². The Morgan fingerprint density at radius 3 is 2.50 bits per heavy atom. The number of allylic oxidation sites excluding steroid dienone is 3. The van der Waals surface area contributed by atoms with Gasteiger partial charge in [-0.05, 0) is 25.8 Å². The second-order valence-corrected chi connectivity index (χ2v) is 4.77. The number of carbonyl (C=O) groups is 2. The Balaban J connectivity index is 5.06. The van der Waals surface area contributed by atoms with Gasteiger partial charge in [0.15, 0.2) is 0 Å². The van der Waals surface area contributed by atoms with Crippen molar-refractivity contribution in [2.24, 2.45) is 10.9 Å². The van der Waals surface area contributed by atoms with E-state index < -0.39 is 12.1 Å². The van der Waals surface area contributed by atoms with Crippen molar-refractivity contribution in [2.45, 2.75) is 27.2 Å². The van der Waals surface area contributed by atoms with Gasteiger partial charge in [0.1, 0.15) is 12.3 Å². The number of aliphatic imine (C=N–C) groups is 1. The first-order chi connectivity index (χ1) is 11.5. The summed E-state index contributed by atoms with van der Waals surface area (Å²) in [5.74, 6) is -0.983. The van der Waals surface area contributed by atoms with Crippen LogP contribution < -0.4 is 0 Å². The number of rotatable bonds is 10. The summed E-state index contributed by atoms with van der Waals surface area (Å²) >= 11 is 0. The van der Waals surface area contributed by atoms with Crippen molar-refractivity contribution in [1.82, 2.24) is 0 Å². The molecule has 0 bridgehead atoms. The minimum atomic E-state index is -0.836. The Morgan fingerprint density at radius 2 is 2.00 bits per heavy atom. The van der Waals surface area contributed by atoms with Gasteiger partial charge in [-0.3, -0.25) is 0 Å². The van der Waals surface area contributed by atoms with Crippen LogP contribution in [0.5, 0.6) is 0 Å². The second kappa shape index (κ2) is 13.2. The normalized spacial score (nSPS) is 13.7. The van der Waals surface area contributed by atoms with E-state index in [0.29, 0.717) is 13.0 Å². The summed E-state index contributed by atoms with van der Waals surface area (Å²) < 4.78 is 15.1. The summed E-state index contributed by atoms with van der Waals surface area (Å²) in [4.78, 5) is 27.6. The van der Waals surface area contributed by atoms with E-state index in [2.05, 4.69) is 11.6 Å². The van der Waals surface area contributed by atoms with Crippen LogP contribution in [0.4, 0.5) is 4.79 Å². The third kappa shape index (κ3) is 8.43. The van der Waals surface area contributed by atoms with Crippen LogP contribution in [-0.2, 0) is 19.0 Å². The molecular formula is C18H27NO5. The van der Waals surface area contributed by atoms with Gasteiger partial charge >= 0.3 is 12.1 Å². The maximum Gasteiger partial charge on any atom is 0.434 e. The van der Waals surface area contributed by atoms with Crippen LogP contribution in [0.1, 0.15) is 27.2 Å². The number of hydrogen-bond donors (Lipinski definition) is 0. The van der Waals surface area contributed by atoms with Crippen LogP contribution in [0.25, 0.3) is 0 Å². The molecule has 24 heavy (non-hydrogen) atoms. The highest BCUT2D eigenvalue weighted by molar-refractivity contribution is 6.38. The molecule has 0 spiro atoms. The molecule has 1 amide bonds. The molecule has 0 aromatic rings. The molecule has 0 saturated carbocycles. The SMILES string of the molecule is C=CC=CC(=CC)COC(=O)N=C(C(=O)OC)C(CC)COCC. The van der Waals surface area contributed by atoms with E-state index in [4.69, 9.17) is 14.2 Å². The standard InChI is InChI=1S/C18H27NO5/c1-6-10-11-14(7-2)12-24-18(21)19-16(17(20)22-5)15(8-3)13-23-9-4/h6-7,10-11,15H,1,8-9,12-13H2,2-5H3. The van der Waals surface area contributed by atoms with Crippen LogP contribution >= 0.6 is 0 Å². The summed E-state index contributed by atoms with van der Waals surface area (Å²) in [6.07, 6.45) is 6.69. The molecule has 0 aliphatic carbocycles. The zero-order chi connectivity index (χ0) is 18.4. The Morgan fingerprint density at radius 1 is 1.29 bits per heavy atom. The van der Waals surface area contributed by atoms with Gasteiger partial charge in [0, 0.05) is 12.5 Å². The molecule has 6 nitrogen and oxygen atoms in total. The maximum atomic E-state index is 11.9. The highest BCUT2D eigenvalue weighted by Crippen LogP contribution is 2.10. The average molecular weight is 337 g/mol. The van der Waals surface area contributed by atoms with Gasteiger partial charge in [0.05, 0.1) is 13.7 Å². The van der Waals surface area contributed by atoms with Gasteiger partial charge in [0.2, 0.25) is 0 Å². The molecule has 0 fully saturated rings. The Labute approximate surface area is 143 Å². The van der Waals surface area contributed by atoms with Crippen LogP contribution in [0.15, 0.2) is 41.4 Å². The van der Waals surface area contributed by atoms with Crippen LogP contribution in [0.2, 0.25) is 0 Å². The molecule has 0 radical (unpaired) electrons. The molecule has 0 rings (SSSR count). The lowest BCUT2D eigenvalue weighted by molar-refractivity contribution is -0.133. The molecular weight excluding hydrogens is 310 g/mol. The Hall–Kier alpha value is -2.21. The van der Waals surface area contributed by atoms with Crippen molar-refractivity contribution in [1.29, 1.82) is 0 Å². The lowest BCUT2D eigenvalue weighted by Crippen LogP contribution is -2.29. The number of amides is 1. The van der Waals surface area contributed by atoms with E-state index in [9.17, 15) is 9.59 Å². The molecule has 0 N–H and O–H groups in total. The predicted octanol–water partition coefficient (Wildman–Crippen LogP) is 3.49. The van der Waals surface area contributed by atoms with E-state index in [-0.39, 0.29) is 24.8 Å². The summed E-state index contributed by atoms with van der Waals surface area (Å²) in [7, 11) is 1.24. The molecule has 6 heteroatoms. The number of hydrogen-bond acceptors (Lipinski definition) is 5. The molecule has 0 heterocycles. The molecule has 0 aromatic carbocycles. The van der Waals surface area contributed by atoms with E-state index in [0.717, 1.165) is 5.57 Å². The summed E-state index contributed by atoms with van der Waals surface area (Å²) in [5, 5.41) is 0. The fraction of sp³-hybridized carbons (Fsp3) is 0.500. The lowest BCUT2D eigenvalue weighted by atomic mass is 10.0. The quantitative estimate of drug-likeness (QED) is 0.346. The van der Waals surface area contributed by atoms with Gasteiger partial charge < -0.3 is 14.2 Å². The van der Waals surface area contributed by atoms with Crippen molar-refractivity contribution in [3.63, 3.8) is 0 Å². The molecule has 1 unspecified atom stereocenters. The number of nitrogens with zero attached hydrogens (tertiary/aromatic N) is 1. The third-order valence-electron chi connectivity index (χ3n) is 3.19. The molecule has 0 aromatic heterocycles. The van der Waals surface area contributed by atoms with Crippen LogP contribution in [0.3, 0.4) is 0 Å². The first-order valence-corrected chi connectivity index (χ1v) is 7.89. The molecule has 134 valence electrons. The molecule has 0 saturated heterocycles. The van der Waals surface area contributed by atoms with Crippen molar-refractivity contribution in [3.05, 3.63) is 36.5 Å². The second-order valence-electron chi connectivity index (χ2n) is 4.77. The van der Waals surface area contributed by atoms with Crippen molar-refractivity contribution in [2.75, 3.05) is 26.9 Å². The number of esters is 1. The van der Waals surface area contributed by atoms with Crippen LogP contribution in [-0.4, -0.2) is 44.7 Å². The summed E-state index contributed by atoms with van der Waals surface area (Å²) in [6, 6.07) is 0. The first kappa shape index (κ1) is 21.8. The maximum absolute atomic E-state index is 11.9. The number of carbonyl (C=O) groups excluding carboxylic acids is 2. The van der Waals surface area contributed by atoms with Crippen molar-refractivity contribution in [3.8, 4) is 0 Å². The van der Waals surface area contributed by atoms with E-state index in [1.807, 2.05) is 26.8 Å². The largest absolute Gasteiger partial charge is 0.465 e.